The van der Waals surface area contributed by atoms with E-state index in [0.29, 0.717) is 0 Å². The SMILES string of the molecule is CCC1(CC)c2ccccc2-c2ccc(N(c3ccccc3)c3ccc4c(c3)c(-c3ccc5c(c3)oc3ccccc35)cc3ccccc34)cc21. The van der Waals surface area contributed by atoms with Crippen LogP contribution in [0, 0.1) is 0 Å². The minimum absolute atomic E-state index is 0.00490. The Kier molecular flexibility index (Phi) is 6.69. The molecule has 0 atom stereocenters. The number of anilines is 3. The van der Waals surface area contributed by atoms with Gasteiger partial charge in [0.05, 0.1) is 0 Å². The van der Waals surface area contributed by atoms with Gasteiger partial charge in [-0.2, -0.15) is 0 Å². The average molecular weight is 656 g/mol. The van der Waals surface area contributed by atoms with Gasteiger partial charge in [0, 0.05) is 33.2 Å². The third-order valence-electron chi connectivity index (χ3n) is 11.5. The highest BCUT2D eigenvalue weighted by atomic mass is 16.3. The van der Waals surface area contributed by atoms with Crippen molar-refractivity contribution in [1.82, 2.24) is 0 Å². The Morgan fingerprint density at radius 3 is 1.96 bits per heavy atom. The molecule has 0 spiro atoms. The number of rotatable bonds is 6. The van der Waals surface area contributed by atoms with Gasteiger partial charge in [-0.15, -0.1) is 0 Å². The number of fused-ring (bicyclic) bond motifs is 9. The lowest BCUT2D eigenvalue weighted by Gasteiger charge is -2.32. The van der Waals surface area contributed by atoms with Crippen LogP contribution in [-0.4, -0.2) is 0 Å². The molecule has 0 amide bonds. The van der Waals surface area contributed by atoms with Gasteiger partial charge in [0.15, 0.2) is 0 Å². The molecule has 1 aliphatic carbocycles. The summed E-state index contributed by atoms with van der Waals surface area (Å²) in [5.41, 5.74) is 13.2. The fraction of sp³-hybridized carbons (Fsp3) is 0.102. The maximum atomic E-state index is 6.38. The van der Waals surface area contributed by atoms with Crippen molar-refractivity contribution in [2.45, 2.75) is 32.1 Å². The first kappa shape index (κ1) is 29.8. The van der Waals surface area contributed by atoms with E-state index < -0.39 is 0 Å². The van der Waals surface area contributed by atoms with E-state index in [4.69, 9.17) is 4.42 Å². The smallest absolute Gasteiger partial charge is 0.136 e. The molecule has 0 unspecified atom stereocenters. The largest absolute Gasteiger partial charge is 0.456 e. The first-order chi connectivity index (χ1) is 25.2. The molecular weight excluding hydrogens is 619 g/mol. The topological polar surface area (TPSA) is 16.4 Å². The summed E-state index contributed by atoms with van der Waals surface area (Å²) in [6.45, 7) is 4.68. The van der Waals surface area contributed by atoms with Gasteiger partial charge in [0.25, 0.3) is 0 Å². The van der Waals surface area contributed by atoms with Crippen LogP contribution < -0.4 is 4.90 Å². The highest BCUT2D eigenvalue weighted by Crippen LogP contribution is 2.54. The van der Waals surface area contributed by atoms with E-state index >= 15 is 0 Å². The number of hydrogen-bond donors (Lipinski definition) is 0. The summed E-state index contributed by atoms with van der Waals surface area (Å²) in [6, 6.07) is 60.0. The second-order valence-corrected chi connectivity index (χ2v) is 13.9. The van der Waals surface area contributed by atoms with E-state index in [1.54, 1.807) is 0 Å². The summed E-state index contributed by atoms with van der Waals surface area (Å²) in [5, 5.41) is 7.23. The highest BCUT2D eigenvalue weighted by Gasteiger charge is 2.40. The van der Waals surface area contributed by atoms with Crippen LogP contribution in [0.15, 0.2) is 168 Å². The number of nitrogens with zero attached hydrogens (tertiary/aromatic N) is 1. The molecule has 244 valence electrons. The van der Waals surface area contributed by atoms with Crippen molar-refractivity contribution in [3.8, 4) is 22.3 Å². The van der Waals surface area contributed by atoms with Gasteiger partial charge in [-0.05, 0) is 128 Å². The van der Waals surface area contributed by atoms with E-state index in [0.717, 1.165) is 51.7 Å². The number of benzene rings is 8. The Morgan fingerprint density at radius 2 is 1.10 bits per heavy atom. The Labute approximate surface area is 298 Å². The van der Waals surface area contributed by atoms with Crippen LogP contribution in [0.4, 0.5) is 17.1 Å². The van der Waals surface area contributed by atoms with Gasteiger partial charge in [-0.1, -0.05) is 117 Å². The zero-order valence-corrected chi connectivity index (χ0v) is 28.9. The van der Waals surface area contributed by atoms with E-state index in [1.807, 2.05) is 12.1 Å². The van der Waals surface area contributed by atoms with Crippen LogP contribution in [0.3, 0.4) is 0 Å². The summed E-state index contributed by atoms with van der Waals surface area (Å²) < 4.78 is 6.38. The van der Waals surface area contributed by atoms with Crippen molar-refractivity contribution in [1.29, 1.82) is 0 Å². The van der Waals surface area contributed by atoms with Crippen LogP contribution in [-0.2, 0) is 5.41 Å². The molecule has 0 bridgehead atoms. The summed E-state index contributed by atoms with van der Waals surface area (Å²) >= 11 is 0. The Morgan fingerprint density at radius 1 is 0.431 bits per heavy atom. The predicted octanol–water partition coefficient (Wildman–Crippen LogP) is 14.1. The molecular formula is C49H37NO. The summed E-state index contributed by atoms with van der Waals surface area (Å²) in [5.74, 6) is 0. The summed E-state index contributed by atoms with van der Waals surface area (Å²) in [6.07, 6.45) is 2.12. The number of furan rings is 1. The lowest BCUT2D eigenvalue weighted by atomic mass is 9.74. The number of para-hydroxylation sites is 2. The van der Waals surface area contributed by atoms with E-state index in [-0.39, 0.29) is 5.41 Å². The summed E-state index contributed by atoms with van der Waals surface area (Å²) in [7, 11) is 0. The maximum absolute atomic E-state index is 6.38. The predicted molar refractivity (Wildman–Crippen MR) is 216 cm³/mol. The minimum atomic E-state index is -0.00490. The van der Waals surface area contributed by atoms with Crippen molar-refractivity contribution in [3.05, 3.63) is 175 Å². The molecule has 9 aromatic rings. The van der Waals surface area contributed by atoms with Crippen molar-refractivity contribution in [3.63, 3.8) is 0 Å². The molecule has 1 heterocycles. The molecule has 10 rings (SSSR count). The van der Waals surface area contributed by atoms with E-state index in [1.165, 1.54) is 55.0 Å². The molecule has 1 aromatic heterocycles. The zero-order chi connectivity index (χ0) is 34.1. The van der Waals surface area contributed by atoms with Crippen LogP contribution in [0.25, 0.3) is 65.7 Å². The third kappa shape index (κ3) is 4.43. The fourth-order valence-electron chi connectivity index (χ4n) is 8.98. The van der Waals surface area contributed by atoms with Crippen molar-refractivity contribution in [2.24, 2.45) is 0 Å². The van der Waals surface area contributed by atoms with Gasteiger partial charge in [-0.25, -0.2) is 0 Å². The molecule has 0 radical (unpaired) electrons. The third-order valence-corrected chi connectivity index (χ3v) is 11.5. The van der Waals surface area contributed by atoms with Gasteiger partial charge in [0.1, 0.15) is 11.2 Å². The monoisotopic (exact) mass is 655 g/mol. The molecule has 51 heavy (non-hydrogen) atoms. The molecule has 0 saturated carbocycles. The van der Waals surface area contributed by atoms with Gasteiger partial charge < -0.3 is 9.32 Å². The van der Waals surface area contributed by atoms with Gasteiger partial charge in [-0.3, -0.25) is 0 Å². The first-order valence-corrected chi connectivity index (χ1v) is 18.1. The van der Waals surface area contributed by atoms with Crippen molar-refractivity contribution in [2.75, 3.05) is 4.90 Å². The average Bonchev–Trinajstić information content (AvgIpc) is 3.70. The highest BCUT2D eigenvalue weighted by molar-refractivity contribution is 6.15. The Balaban J connectivity index is 1.20. The standard InChI is InChI=1S/C49H37NO/c1-3-49(4-2)45-20-12-10-18-39(45)40-27-24-36(31-46(40)49)50(34-15-6-5-7-16-34)35-23-26-38-37-17-9-8-14-32(37)28-43(44(38)30-35)33-22-25-42-41-19-11-13-21-47(41)51-48(42)29-33/h5-31H,3-4H2,1-2H3. The lowest BCUT2D eigenvalue weighted by molar-refractivity contribution is 0.490. The molecule has 2 nitrogen and oxygen atoms in total. The first-order valence-electron chi connectivity index (χ1n) is 18.1. The van der Waals surface area contributed by atoms with Crippen LogP contribution in [0.2, 0.25) is 0 Å². The molecule has 0 N–H and O–H groups in total. The van der Waals surface area contributed by atoms with Gasteiger partial charge >= 0.3 is 0 Å². The maximum Gasteiger partial charge on any atom is 0.136 e. The zero-order valence-electron chi connectivity index (χ0n) is 28.9. The Bertz CT molecular complexity index is 2790. The fourth-order valence-corrected chi connectivity index (χ4v) is 8.98. The van der Waals surface area contributed by atoms with Crippen molar-refractivity contribution < 1.29 is 4.42 Å². The van der Waals surface area contributed by atoms with Crippen LogP contribution in [0.1, 0.15) is 37.8 Å². The molecule has 0 aliphatic heterocycles. The van der Waals surface area contributed by atoms with E-state index in [9.17, 15) is 0 Å². The normalized spacial score (nSPS) is 13.2. The summed E-state index contributed by atoms with van der Waals surface area (Å²) in [4.78, 5) is 2.43. The molecule has 8 aromatic carbocycles. The van der Waals surface area contributed by atoms with E-state index in [2.05, 4.69) is 170 Å². The molecule has 0 saturated heterocycles. The second kappa shape index (κ2) is 11.5. The quantitative estimate of drug-likeness (QED) is 0.166. The lowest BCUT2D eigenvalue weighted by Crippen LogP contribution is -2.23. The Hall–Kier alpha value is -6.12. The van der Waals surface area contributed by atoms with Gasteiger partial charge in [0.2, 0.25) is 0 Å². The van der Waals surface area contributed by atoms with Crippen LogP contribution in [0.5, 0.6) is 0 Å². The molecule has 1 aliphatic rings. The minimum Gasteiger partial charge on any atom is -0.456 e. The van der Waals surface area contributed by atoms with Crippen molar-refractivity contribution >= 4 is 60.5 Å². The molecule has 2 heteroatoms. The number of hydrogen-bond acceptors (Lipinski definition) is 2. The molecule has 0 fully saturated rings. The van der Waals surface area contributed by atoms with Crippen LogP contribution >= 0.6 is 0 Å². The second-order valence-electron chi connectivity index (χ2n) is 13.9.